The Morgan fingerprint density at radius 1 is 1.00 bits per heavy atom. The number of para-hydroxylation sites is 2. The molecule has 9 heteroatoms. The summed E-state index contributed by atoms with van der Waals surface area (Å²) in [5.41, 5.74) is 4.09. The molecule has 1 N–H and O–H groups in total. The average Bonchev–Trinajstić information content (AvgIpc) is 3.47. The Balaban J connectivity index is 1.60. The highest BCUT2D eigenvalue weighted by molar-refractivity contribution is 5.88. The van der Waals surface area contributed by atoms with E-state index in [1.54, 1.807) is 17.0 Å². The summed E-state index contributed by atoms with van der Waals surface area (Å²) in [6.45, 7) is 2.34. The molecule has 3 aromatic heterocycles. The number of hydrogen-bond donors (Lipinski definition) is 1. The van der Waals surface area contributed by atoms with Crippen LogP contribution in [-0.4, -0.2) is 35.7 Å². The second-order valence-electron chi connectivity index (χ2n) is 8.24. The minimum atomic E-state index is -0.411. The molecule has 0 spiro atoms. The Kier molecular flexibility index (Phi) is 5.29. The summed E-state index contributed by atoms with van der Waals surface area (Å²) in [5, 5.41) is 0. The minimum absolute atomic E-state index is 0.0707. The Hall–Kier alpha value is -4.79. The fraction of sp³-hybridized carbons (Fsp3) is 0.111. The number of fused-ring (bicyclic) bond motifs is 2. The van der Waals surface area contributed by atoms with Crippen molar-refractivity contribution < 1.29 is 9.13 Å². The molecule has 178 valence electrons. The van der Waals surface area contributed by atoms with E-state index in [1.165, 1.54) is 16.7 Å². The van der Waals surface area contributed by atoms with Gasteiger partial charge >= 0.3 is 5.69 Å². The summed E-state index contributed by atoms with van der Waals surface area (Å²) in [7, 11) is 0. The van der Waals surface area contributed by atoms with Crippen molar-refractivity contribution in [2.24, 2.45) is 0 Å². The van der Waals surface area contributed by atoms with Gasteiger partial charge in [0.15, 0.2) is 5.65 Å². The van der Waals surface area contributed by atoms with Crippen LogP contribution in [-0.2, 0) is 6.54 Å². The number of imidazole rings is 2. The summed E-state index contributed by atoms with van der Waals surface area (Å²) in [6, 6.07) is 21.5. The van der Waals surface area contributed by atoms with Gasteiger partial charge < -0.3 is 9.72 Å². The first-order chi connectivity index (χ1) is 17.6. The molecule has 3 aromatic carbocycles. The fourth-order valence-electron chi connectivity index (χ4n) is 4.33. The predicted octanol–water partition coefficient (Wildman–Crippen LogP) is 4.71. The Bertz CT molecular complexity index is 1770. The third kappa shape index (κ3) is 3.70. The summed E-state index contributed by atoms with van der Waals surface area (Å²) >= 11 is 0. The molecular formula is C27H21FN6O2. The van der Waals surface area contributed by atoms with Gasteiger partial charge in [-0.1, -0.05) is 42.5 Å². The lowest BCUT2D eigenvalue weighted by molar-refractivity contribution is 0.335. The van der Waals surface area contributed by atoms with Crippen LogP contribution in [0.5, 0.6) is 5.75 Å². The lowest BCUT2D eigenvalue weighted by atomic mass is 10.1. The minimum Gasteiger partial charge on any atom is -0.494 e. The number of halogens is 1. The molecule has 0 saturated heterocycles. The monoisotopic (exact) mass is 480 g/mol. The molecule has 0 fully saturated rings. The number of nitrogens with one attached hydrogen (secondary N) is 1. The highest BCUT2D eigenvalue weighted by Crippen LogP contribution is 2.28. The maximum Gasteiger partial charge on any atom is 0.328 e. The molecule has 0 radical (unpaired) electrons. The van der Waals surface area contributed by atoms with Gasteiger partial charge in [0.05, 0.1) is 24.2 Å². The number of aromatic amines is 1. The smallest absolute Gasteiger partial charge is 0.328 e. The van der Waals surface area contributed by atoms with Crippen molar-refractivity contribution in [1.82, 2.24) is 29.1 Å². The van der Waals surface area contributed by atoms with Crippen LogP contribution in [0.4, 0.5) is 4.39 Å². The maximum atomic E-state index is 14.1. The molecule has 0 aliphatic carbocycles. The van der Waals surface area contributed by atoms with Gasteiger partial charge in [-0.2, -0.15) is 4.98 Å². The number of benzene rings is 3. The van der Waals surface area contributed by atoms with Crippen molar-refractivity contribution in [3.63, 3.8) is 0 Å². The number of hydrogen-bond acceptors (Lipinski definition) is 5. The van der Waals surface area contributed by atoms with Gasteiger partial charge in [0.2, 0.25) is 5.95 Å². The van der Waals surface area contributed by atoms with E-state index in [1.807, 2.05) is 61.5 Å². The van der Waals surface area contributed by atoms with E-state index < -0.39 is 5.82 Å². The highest BCUT2D eigenvalue weighted by atomic mass is 19.1. The van der Waals surface area contributed by atoms with E-state index in [2.05, 4.69) is 9.97 Å². The Labute approximate surface area is 204 Å². The van der Waals surface area contributed by atoms with E-state index in [0.717, 1.165) is 16.6 Å². The van der Waals surface area contributed by atoms with E-state index in [9.17, 15) is 9.18 Å². The van der Waals surface area contributed by atoms with Crippen molar-refractivity contribution in [3.05, 3.63) is 101 Å². The first-order valence-corrected chi connectivity index (χ1v) is 11.5. The molecule has 36 heavy (non-hydrogen) atoms. The van der Waals surface area contributed by atoms with Gasteiger partial charge in [-0.15, -0.1) is 0 Å². The van der Waals surface area contributed by atoms with Crippen molar-refractivity contribution in [2.75, 3.05) is 6.61 Å². The largest absolute Gasteiger partial charge is 0.494 e. The molecule has 0 aliphatic heterocycles. The quantitative estimate of drug-likeness (QED) is 0.373. The summed E-state index contributed by atoms with van der Waals surface area (Å²) in [5.74, 6) is 0.469. The SMILES string of the molecule is CCOc1ccc(F)cc1Cn1c(=O)[nH]c2c(-c3ccccc3)nc(-n3cnc4ccccc43)nc21. The first-order valence-electron chi connectivity index (χ1n) is 11.5. The third-order valence-corrected chi connectivity index (χ3v) is 5.98. The third-order valence-electron chi connectivity index (χ3n) is 5.98. The van der Waals surface area contributed by atoms with E-state index in [-0.39, 0.29) is 12.2 Å². The van der Waals surface area contributed by atoms with Gasteiger partial charge in [-0.25, -0.2) is 19.2 Å². The molecule has 0 bridgehead atoms. The molecule has 0 aliphatic rings. The second-order valence-corrected chi connectivity index (χ2v) is 8.24. The maximum absolute atomic E-state index is 14.1. The van der Waals surface area contributed by atoms with E-state index >= 15 is 0 Å². The number of ether oxygens (including phenoxy) is 1. The summed E-state index contributed by atoms with van der Waals surface area (Å²) in [6.07, 6.45) is 1.66. The van der Waals surface area contributed by atoms with E-state index in [4.69, 9.17) is 14.7 Å². The lowest BCUT2D eigenvalue weighted by Crippen LogP contribution is -2.18. The van der Waals surface area contributed by atoms with E-state index in [0.29, 0.717) is 40.7 Å². The molecule has 3 heterocycles. The average molecular weight is 481 g/mol. The van der Waals surface area contributed by atoms with Gasteiger partial charge in [-0.05, 0) is 37.3 Å². The zero-order valence-electron chi connectivity index (χ0n) is 19.4. The van der Waals surface area contributed by atoms with Crippen molar-refractivity contribution in [3.8, 4) is 23.0 Å². The Morgan fingerprint density at radius 2 is 1.81 bits per heavy atom. The standard InChI is InChI=1S/C27H21FN6O2/c1-2-36-22-13-12-19(28)14-18(22)15-33-25-24(31-27(33)35)23(17-8-4-3-5-9-17)30-26(32-25)34-16-29-20-10-6-7-11-21(20)34/h3-14,16H,2,15H2,1H3,(H,31,35). The van der Waals surface area contributed by atoms with Crippen LogP contribution >= 0.6 is 0 Å². The van der Waals surface area contributed by atoms with Crippen LogP contribution < -0.4 is 10.4 Å². The van der Waals surface area contributed by atoms with Crippen LogP contribution in [0.15, 0.2) is 83.9 Å². The molecular weight excluding hydrogens is 459 g/mol. The van der Waals surface area contributed by atoms with Crippen molar-refractivity contribution in [2.45, 2.75) is 13.5 Å². The van der Waals surface area contributed by atoms with Gasteiger partial charge in [0.1, 0.15) is 29.1 Å². The van der Waals surface area contributed by atoms with Gasteiger partial charge in [0.25, 0.3) is 0 Å². The number of nitrogens with zero attached hydrogens (tertiary/aromatic N) is 5. The molecule has 0 unspecified atom stereocenters. The van der Waals surface area contributed by atoms with Crippen molar-refractivity contribution >= 4 is 22.2 Å². The molecule has 0 amide bonds. The molecule has 6 rings (SSSR count). The summed E-state index contributed by atoms with van der Waals surface area (Å²) < 4.78 is 23.1. The lowest BCUT2D eigenvalue weighted by Gasteiger charge is -2.12. The molecule has 0 saturated carbocycles. The zero-order chi connectivity index (χ0) is 24.6. The molecule has 0 atom stereocenters. The van der Waals surface area contributed by atoms with Crippen LogP contribution in [0, 0.1) is 5.82 Å². The predicted molar refractivity (Wildman–Crippen MR) is 135 cm³/mol. The van der Waals surface area contributed by atoms with Crippen LogP contribution in [0.2, 0.25) is 0 Å². The van der Waals surface area contributed by atoms with Gasteiger partial charge in [0, 0.05) is 11.1 Å². The molecule has 6 aromatic rings. The first kappa shape index (κ1) is 21.7. The number of rotatable bonds is 6. The topological polar surface area (TPSA) is 90.6 Å². The molecule has 8 nitrogen and oxygen atoms in total. The summed E-state index contributed by atoms with van der Waals surface area (Å²) in [4.78, 5) is 30.2. The number of H-pyrrole nitrogens is 1. The van der Waals surface area contributed by atoms with Crippen LogP contribution in [0.3, 0.4) is 0 Å². The van der Waals surface area contributed by atoms with Gasteiger partial charge in [-0.3, -0.25) is 9.13 Å². The number of aromatic nitrogens is 6. The fourth-order valence-corrected chi connectivity index (χ4v) is 4.33. The highest BCUT2D eigenvalue weighted by Gasteiger charge is 2.20. The van der Waals surface area contributed by atoms with Crippen molar-refractivity contribution in [1.29, 1.82) is 0 Å². The normalized spacial score (nSPS) is 11.4. The second kappa shape index (κ2) is 8.77. The Morgan fingerprint density at radius 3 is 2.64 bits per heavy atom. The van der Waals surface area contributed by atoms with Crippen LogP contribution in [0.25, 0.3) is 39.4 Å². The van der Waals surface area contributed by atoms with Crippen LogP contribution in [0.1, 0.15) is 12.5 Å². The zero-order valence-corrected chi connectivity index (χ0v) is 19.4.